The van der Waals surface area contributed by atoms with E-state index in [1.54, 1.807) is 14.2 Å². The van der Waals surface area contributed by atoms with Crippen molar-refractivity contribution in [2.75, 3.05) is 25.3 Å². The molecule has 0 atom stereocenters. The number of methoxy groups -OCH3 is 2. The van der Waals surface area contributed by atoms with E-state index >= 15 is 0 Å². The van der Waals surface area contributed by atoms with Crippen LogP contribution in [-0.4, -0.2) is 40.6 Å². The van der Waals surface area contributed by atoms with Crippen LogP contribution in [0.4, 0.5) is 18.9 Å². The third-order valence-electron chi connectivity index (χ3n) is 5.91. The maximum absolute atomic E-state index is 13.3. The monoisotopic (exact) mass is 556 g/mol. The molecule has 3 aromatic carbocycles. The van der Waals surface area contributed by atoms with Crippen molar-refractivity contribution >= 4 is 23.4 Å². The van der Waals surface area contributed by atoms with Crippen LogP contribution in [0.25, 0.3) is 0 Å². The summed E-state index contributed by atoms with van der Waals surface area (Å²) >= 11 is 1.12. The summed E-state index contributed by atoms with van der Waals surface area (Å²) in [7, 11) is 3.15. The van der Waals surface area contributed by atoms with Gasteiger partial charge in [0.25, 0.3) is 0 Å². The van der Waals surface area contributed by atoms with Crippen LogP contribution in [0.2, 0.25) is 0 Å². The molecule has 1 heterocycles. The van der Waals surface area contributed by atoms with Crippen LogP contribution < -0.4 is 14.8 Å². The van der Waals surface area contributed by atoms with Gasteiger partial charge in [0.05, 0.1) is 31.2 Å². The Morgan fingerprint density at radius 3 is 2.36 bits per heavy atom. The Morgan fingerprint density at radius 2 is 1.64 bits per heavy atom. The summed E-state index contributed by atoms with van der Waals surface area (Å²) in [5, 5.41) is 11.5. The predicted octanol–water partition coefficient (Wildman–Crippen LogP) is 5.88. The number of carbonyl (C=O) groups is 1. The Labute approximate surface area is 228 Å². The average molecular weight is 557 g/mol. The highest BCUT2D eigenvalue weighted by atomic mass is 32.2. The highest BCUT2D eigenvalue weighted by molar-refractivity contribution is 7.99. The van der Waals surface area contributed by atoms with Gasteiger partial charge in [-0.3, -0.25) is 4.79 Å². The number of rotatable bonds is 11. The molecular weight excluding hydrogens is 529 g/mol. The molecule has 0 aliphatic heterocycles. The van der Waals surface area contributed by atoms with Crippen molar-refractivity contribution in [1.82, 2.24) is 14.8 Å². The number of benzene rings is 3. The Kier molecular flexibility index (Phi) is 9.13. The first kappa shape index (κ1) is 28.0. The van der Waals surface area contributed by atoms with Gasteiger partial charge < -0.3 is 19.4 Å². The minimum absolute atomic E-state index is 0.133. The van der Waals surface area contributed by atoms with Gasteiger partial charge in [-0.15, -0.1) is 10.2 Å². The second-order valence-corrected chi connectivity index (χ2v) is 9.47. The van der Waals surface area contributed by atoms with E-state index in [2.05, 4.69) is 15.5 Å². The number of ether oxygens (including phenoxy) is 2. The third-order valence-corrected chi connectivity index (χ3v) is 6.88. The fraction of sp³-hybridized carbons (Fsp3) is 0.250. The summed E-state index contributed by atoms with van der Waals surface area (Å²) in [5.41, 5.74) is 0.877. The van der Waals surface area contributed by atoms with Gasteiger partial charge in [-0.2, -0.15) is 13.2 Å². The summed E-state index contributed by atoms with van der Waals surface area (Å²) in [4.78, 5) is 12.6. The van der Waals surface area contributed by atoms with E-state index in [0.29, 0.717) is 41.9 Å². The number of carbonyl (C=O) groups excluding carboxylic acids is 1. The molecule has 204 valence electrons. The molecule has 1 amide bonds. The number of aryl methyl sites for hydroxylation is 1. The van der Waals surface area contributed by atoms with Crippen molar-refractivity contribution in [2.45, 2.75) is 30.7 Å². The van der Waals surface area contributed by atoms with Crippen LogP contribution in [-0.2, 0) is 30.4 Å². The molecular formula is C28H27F3N4O3S. The van der Waals surface area contributed by atoms with Crippen molar-refractivity contribution in [3.63, 3.8) is 0 Å². The first-order valence-electron chi connectivity index (χ1n) is 12.0. The molecule has 0 radical (unpaired) electrons. The Balaban J connectivity index is 1.51. The number of amides is 1. The predicted molar refractivity (Wildman–Crippen MR) is 143 cm³/mol. The number of halogens is 3. The van der Waals surface area contributed by atoms with Crippen LogP contribution in [0, 0.1) is 0 Å². The molecule has 0 saturated carbocycles. The number of hydrogen-bond donors (Lipinski definition) is 1. The molecule has 1 aromatic heterocycles. The Hall–Kier alpha value is -3.99. The summed E-state index contributed by atoms with van der Waals surface area (Å²) < 4.78 is 52.6. The number of nitrogens with zero attached hydrogens (tertiary/aromatic N) is 3. The molecule has 4 rings (SSSR count). The zero-order valence-electron chi connectivity index (χ0n) is 21.4. The number of anilines is 1. The fourth-order valence-corrected chi connectivity index (χ4v) is 4.78. The highest BCUT2D eigenvalue weighted by Crippen LogP contribution is 2.34. The van der Waals surface area contributed by atoms with E-state index in [-0.39, 0.29) is 11.4 Å². The maximum atomic E-state index is 13.3. The number of alkyl halides is 3. The summed E-state index contributed by atoms with van der Waals surface area (Å²) in [6.07, 6.45) is -3.42. The van der Waals surface area contributed by atoms with Gasteiger partial charge in [0.2, 0.25) is 5.91 Å². The average Bonchev–Trinajstić information content (AvgIpc) is 3.31. The molecule has 0 unspecified atom stereocenters. The zero-order chi connectivity index (χ0) is 27.8. The van der Waals surface area contributed by atoms with E-state index in [9.17, 15) is 18.0 Å². The van der Waals surface area contributed by atoms with E-state index in [1.807, 2.05) is 53.1 Å². The number of para-hydroxylation sites is 1. The standard InChI is InChI=1S/C28H27F3N4O3S/c1-37-23-13-12-20(16-24(23)38-2)14-15-35-25(17-19-8-4-3-5-9-19)33-34-27(35)39-18-26(36)32-22-11-7-6-10-21(22)28(29,30)31/h3-13,16H,14-15,17-18H2,1-2H3,(H,32,36). The van der Waals surface area contributed by atoms with Crippen molar-refractivity contribution in [1.29, 1.82) is 0 Å². The highest BCUT2D eigenvalue weighted by Gasteiger charge is 2.33. The zero-order valence-corrected chi connectivity index (χ0v) is 22.2. The molecule has 11 heteroatoms. The third kappa shape index (κ3) is 7.32. The molecule has 0 fully saturated rings. The lowest BCUT2D eigenvalue weighted by Crippen LogP contribution is -2.18. The molecule has 0 bridgehead atoms. The first-order valence-corrected chi connectivity index (χ1v) is 13.0. The van der Waals surface area contributed by atoms with Gasteiger partial charge in [0.15, 0.2) is 16.7 Å². The van der Waals surface area contributed by atoms with Crippen LogP contribution in [0.5, 0.6) is 11.5 Å². The molecule has 0 saturated heterocycles. The number of aromatic nitrogens is 3. The Bertz CT molecular complexity index is 1410. The Morgan fingerprint density at radius 1 is 0.923 bits per heavy atom. The quantitative estimate of drug-likeness (QED) is 0.233. The summed E-state index contributed by atoms with van der Waals surface area (Å²) in [6.45, 7) is 0.519. The molecule has 4 aromatic rings. The number of thioether (sulfide) groups is 1. The number of nitrogens with one attached hydrogen (secondary N) is 1. The maximum Gasteiger partial charge on any atom is 0.418 e. The molecule has 39 heavy (non-hydrogen) atoms. The van der Waals surface area contributed by atoms with Crippen LogP contribution in [0.1, 0.15) is 22.5 Å². The van der Waals surface area contributed by atoms with Gasteiger partial charge >= 0.3 is 6.18 Å². The lowest BCUT2D eigenvalue weighted by Gasteiger charge is -2.14. The summed E-state index contributed by atoms with van der Waals surface area (Å²) in [5.74, 6) is 1.26. The van der Waals surface area contributed by atoms with Gasteiger partial charge in [0, 0.05) is 13.0 Å². The van der Waals surface area contributed by atoms with E-state index in [4.69, 9.17) is 9.47 Å². The lowest BCUT2D eigenvalue weighted by atomic mass is 10.1. The molecule has 7 nitrogen and oxygen atoms in total. The van der Waals surface area contributed by atoms with Crippen molar-refractivity contribution in [2.24, 2.45) is 0 Å². The van der Waals surface area contributed by atoms with Crippen LogP contribution in [0.3, 0.4) is 0 Å². The van der Waals surface area contributed by atoms with Crippen molar-refractivity contribution < 1.29 is 27.4 Å². The van der Waals surface area contributed by atoms with E-state index in [0.717, 1.165) is 29.0 Å². The van der Waals surface area contributed by atoms with Crippen LogP contribution >= 0.6 is 11.8 Å². The minimum atomic E-state index is -4.58. The molecule has 1 N–H and O–H groups in total. The lowest BCUT2D eigenvalue weighted by molar-refractivity contribution is -0.137. The smallest absolute Gasteiger partial charge is 0.418 e. The van der Waals surface area contributed by atoms with Gasteiger partial charge in [-0.05, 0) is 41.8 Å². The fourth-order valence-electron chi connectivity index (χ4n) is 3.99. The van der Waals surface area contributed by atoms with Crippen LogP contribution in [0.15, 0.2) is 78.0 Å². The second kappa shape index (κ2) is 12.7. The molecule has 0 spiro atoms. The topological polar surface area (TPSA) is 78.3 Å². The molecule has 0 aliphatic carbocycles. The van der Waals surface area contributed by atoms with Gasteiger partial charge in [-0.25, -0.2) is 0 Å². The van der Waals surface area contributed by atoms with Gasteiger partial charge in [0.1, 0.15) is 5.82 Å². The van der Waals surface area contributed by atoms with E-state index < -0.39 is 17.6 Å². The van der Waals surface area contributed by atoms with Crippen molar-refractivity contribution in [3.05, 3.63) is 95.3 Å². The number of hydrogen-bond acceptors (Lipinski definition) is 6. The van der Waals surface area contributed by atoms with E-state index in [1.165, 1.54) is 18.2 Å². The second-order valence-electron chi connectivity index (χ2n) is 8.53. The van der Waals surface area contributed by atoms with Crippen molar-refractivity contribution in [3.8, 4) is 11.5 Å². The normalized spacial score (nSPS) is 11.3. The SMILES string of the molecule is COc1ccc(CCn2c(Cc3ccccc3)nnc2SCC(=O)Nc2ccccc2C(F)(F)F)cc1OC. The molecule has 0 aliphatic rings. The minimum Gasteiger partial charge on any atom is -0.493 e. The first-order chi connectivity index (χ1) is 18.8. The largest absolute Gasteiger partial charge is 0.493 e. The van der Waals surface area contributed by atoms with Gasteiger partial charge in [-0.1, -0.05) is 60.3 Å². The summed E-state index contributed by atoms with van der Waals surface area (Å²) in [6, 6.07) is 20.4.